The number of nitrogens with zero attached hydrogens (tertiary/aromatic N) is 4. The van der Waals surface area contributed by atoms with Crippen LogP contribution in [0.3, 0.4) is 0 Å². The van der Waals surface area contributed by atoms with E-state index in [4.69, 9.17) is 9.05 Å². The third kappa shape index (κ3) is 3.38. The van der Waals surface area contributed by atoms with Crippen LogP contribution in [0.5, 0.6) is 0 Å². The molecule has 130 valence electrons. The molecule has 1 aliphatic carbocycles. The molecule has 0 N–H and O–H groups in total. The van der Waals surface area contributed by atoms with E-state index < -0.39 is 0 Å². The van der Waals surface area contributed by atoms with Crippen LogP contribution in [-0.2, 0) is 6.54 Å². The number of aromatic nitrogens is 3. The van der Waals surface area contributed by atoms with Crippen LogP contribution < -0.4 is 0 Å². The molecular weight excluding hydrogens is 304 g/mol. The molecule has 2 aromatic heterocycles. The summed E-state index contributed by atoms with van der Waals surface area (Å²) in [5.41, 5.74) is 1.15. The van der Waals surface area contributed by atoms with Gasteiger partial charge in [-0.05, 0) is 39.2 Å². The minimum Gasteiger partial charge on any atom is -0.360 e. The van der Waals surface area contributed by atoms with E-state index in [0.717, 1.165) is 36.9 Å². The first-order chi connectivity index (χ1) is 11.8. The van der Waals surface area contributed by atoms with Crippen molar-refractivity contribution in [3.8, 4) is 0 Å². The minimum atomic E-state index is 0.197. The van der Waals surface area contributed by atoms with Gasteiger partial charge in [-0.25, -0.2) is 0 Å². The summed E-state index contributed by atoms with van der Waals surface area (Å²) in [5.74, 6) is 2.99. The fourth-order valence-corrected chi connectivity index (χ4v) is 4.10. The Labute approximate surface area is 142 Å². The first kappa shape index (κ1) is 15.8. The Morgan fingerprint density at radius 3 is 2.67 bits per heavy atom. The third-order valence-electron chi connectivity index (χ3n) is 5.40. The summed E-state index contributed by atoms with van der Waals surface area (Å²) < 4.78 is 11.1. The molecule has 2 aromatic rings. The van der Waals surface area contributed by atoms with Crippen LogP contribution in [0.1, 0.15) is 86.5 Å². The van der Waals surface area contributed by atoms with E-state index >= 15 is 0 Å². The van der Waals surface area contributed by atoms with Gasteiger partial charge in [-0.1, -0.05) is 36.0 Å². The Morgan fingerprint density at radius 2 is 1.88 bits per heavy atom. The van der Waals surface area contributed by atoms with Gasteiger partial charge < -0.3 is 9.05 Å². The fraction of sp³-hybridized carbons (Fsp3) is 0.722. The molecule has 2 aliphatic rings. The van der Waals surface area contributed by atoms with Gasteiger partial charge in [-0.2, -0.15) is 4.98 Å². The lowest BCUT2D eigenvalue weighted by atomic mass is 9.87. The second kappa shape index (κ2) is 7.05. The Hall–Kier alpha value is -1.69. The van der Waals surface area contributed by atoms with Gasteiger partial charge in [0, 0.05) is 12.0 Å². The maximum Gasteiger partial charge on any atom is 0.243 e. The van der Waals surface area contributed by atoms with Crippen LogP contribution in [0, 0.1) is 6.92 Å². The second-order valence-electron chi connectivity index (χ2n) is 7.21. The first-order valence-corrected chi connectivity index (χ1v) is 9.29. The highest BCUT2D eigenvalue weighted by molar-refractivity contribution is 5.12. The van der Waals surface area contributed by atoms with Crippen molar-refractivity contribution >= 4 is 0 Å². The second-order valence-corrected chi connectivity index (χ2v) is 7.21. The standard InChI is InChI=1S/C18H26N4O2/c1-13-19-18(24-20-13)17-9-5-6-10-22(17)12-15-11-16(21-23-15)14-7-3-2-4-8-14/h11,14,17H,2-10,12H2,1H3/t17-/m0/s1. The number of aryl methyl sites for hydroxylation is 1. The van der Waals surface area contributed by atoms with E-state index in [0.29, 0.717) is 11.7 Å². The van der Waals surface area contributed by atoms with Crippen molar-refractivity contribution in [3.63, 3.8) is 0 Å². The highest BCUT2D eigenvalue weighted by atomic mass is 16.5. The number of likely N-dealkylation sites (tertiary alicyclic amines) is 1. The van der Waals surface area contributed by atoms with Gasteiger partial charge in [0.25, 0.3) is 0 Å². The average molecular weight is 330 g/mol. The molecule has 1 saturated heterocycles. The fourth-order valence-electron chi connectivity index (χ4n) is 4.10. The van der Waals surface area contributed by atoms with Crippen molar-refractivity contribution in [1.82, 2.24) is 20.2 Å². The monoisotopic (exact) mass is 330 g/mol. The van der Waals surface area contributed by atoms with Gasteiger partial charge in [-0.15, -0.1) is 0 Å². The predicted octanol–water partition coefficient (Wildman–Crippen LogP) is 4.14. The lowest BCUT2D eigenvalue weighted by Gasteiger charge is -2.32. The van der Waals surface area contributed by atoms with Gasteiger partial charge in [0.05, 0.1) is 18.3 Å². The molecule has 2 fully saturated rings. The zero-order valence-electron chi connectivity index (χ0n) is 14.4. The molecule has 4 rings (SSSR count). The molecule has 0 spiro atoms. The molecule has 1 saturated carbocycles. The van der Waals surface area contributed by atoms with E-state index in [2.05, 4.69) is 26.3 Å². The quantitative estimate of drug-likeness (QED) is 0.839. The van der Waals surface area contributed by atoms with Gasteiger partial charge >= 0.3 is 0 Å². The van der Waals surface area contributed by atoms with Crippen LogP contribution in [0.2, 0.25) is 0 Å². The summed E-state index contributed by atoms with van der Waals surface area (Å²) in [4.78, 5) is 6.83. The van der Waals surface area contributed by atoms with Crippen LogP contribution >= 0.6 is 0 Å². The predicted molar refractivity (Wildman–Crippen MR) is 88.4 cm³/mol. The Morgan fingerprint density at radius 1 is 1.04 bits per heavy atom. The van der Waals surface area contributed by atoms with E-state index in [9.17, 15) is 0 Å². The van der Waals surface area contributed by atoms with Gasteiger partial charge in [0.1, 0.15) is 0 Å². The zero-order chi connectivity index (χ0) is 16.4. The summed E-state index contributed by atoms with van der Waals surface area (Å²) in [6.45, 7) is 3.67. The largest absolute Gasteiger partial charge is 0.360 e. The molecule has 24 heavy (non-hydrogen) atoms. The summed E-state index contributed by atoms with van der Waals surface area (Å²) in [6.07, 6.45) is 9.96. The Bertz CT molecular complexity index is 660. The van der Waals surface area contributed by atoms with Crippen molar-refractivity contribution < 1.29 is 9.05 Å². The summed E-state index contributed by atoms with van der Waals surface area (Å²) >= 11 is 0. The number of hydrogen-bond acceptors (Lipinski definition) is 6. The summed E-state index contributed by atoms with van der Waals surface area (Å²) in [7, 11) is 0. The molecule has 1 aliphatic heterocycles. The molecule has 0 unspecified atom stereocenters. The zero-order valence-corrected chi connectivity index (χ0v) is 14.4. The first-order valence-electron chi connectivity index (χ1n) is 9.29. The van der Waals surface area contributed by atoms with Crippen LogP contribution in [0.15, 0.2) is 15.1 Å². The van der Waals surface area contributed by atoms with E-state index in [-0.39, 0.29) is 6.04 Å². The van der Waals surface area contributed by atoms with Gasteiger partial charge in [0.2, 0.25) is 5.89 Å². The Balaban J connectivity index is 1.45. The van der Waals surface area contributed by atoms with Gasteiger partial charge in [-0.3, -0.25) is 4.90 Å². The van der Waals surface area contributed by atoms with Crippen LogP contribution in [0.4, 0.5) is 0 Å². The third-order valence-corrected chi connectivity index (χ3v) is 5.40. The molecule has 0 bridgehead atoms. The molecule has 0 aromatic carbocycles. The number of piperidine rings is 1. The van der Waals surface area contributed by atoms with Gasteiger partial charge in [0.15, 0.2) is 11.6 Å². The van der Waals surface area contributed by atoms with Crippen molar-refractivity contribution in [3.05, 3.63) is 29.2 Å². The SMILES string of the molecule is Cc1noc([C@@H]2CCCCN2Cc2cc(C3CCCCC3)no2)n1. The van der Waals surface area contributed by atoms with E-state index in [1.165, 1.54) is 44.9 Å². The lowest BCUT2D eigenvalue weighted by molar-refractivity contribution is 0.100. The topological polar surface area (TPSA) is 68.2 Å². The molecular formula is C18H26N4O2. The highest BCUT2D eigenvalue weighted by Crippen LogP contribution is 2.34. The molecule has 6 heteroatoms. The highest BCUT2D eigenvalue weighted by Gasteiger charge is 2.29. The lowest BCUT2D eigenvalue weighted by Crippen LogP contribution is -2.33. The Kier molecular flexibility index (Phi) is 4.65. The smallest absolute Gasteiger partial charge is 0.243 e. The van der Waals surface area contributed by atoms with Crippen LogP contribution in [-0.4, -0.2) is 26.7 Å². The molecule has 0 radical (unpaired) electrons. The normalized spacial score (nSPS) is 23.6. The molecule has 0 amide bonds. The van der Waals surface area contributed by atoms with Crippen molar-refractivity contribution in [2.45, 2.75) is 76.8 Å². The number of rotatable bonds is 4. The summed E-state index contributed by atoms with van der Waals surface area (Å²) in [5, 5.41) is 8.30. The molecule has 6 nitrogen and oxygen atoms in total. The molecule has 1 atom stereocenters. The van der Waals surface area contributed by atoms with Crippen molar-refractivity contribution in [2.24, 2.45) is 0 Å². The maximum atomic E-state index is 5.65. The molecule has 3 heterocycles. The minimum absolute atomic E-state index is 0.197. The maximum absolute atomic E-state index is 5.65. The average Bonchev–Trinajstić information content (AvgIpc) is 3.25. The number of hydrogen-bond donors (Lipinski definition) is 0. The van der Waals surface area contributed by atoms with Crippen molar-refractivity contribution in [1.29, 1.82) is 0 Å². The summed E-state index contributed by atoms with van der Waals surface area (Å²) in [6, 6.07) is 2.36. The van der Waals surface area contributed by atoms with Crippen LogP contribution in [0.25, 0.3) is 0 Å². The van der Waals surface area contributed by atoms with E-state index in [1.54, 1.807) is 0 Å². The van der Waals surface area contributed by atoms with Crippen molar-refractivity contribution in [2.75, 3.05) is 6.54 Å². The van der Waals surface area contributed by atoms with E-state index in [1.807, 2.05) is 6.92 Å².